The summed E-state index contributed by atoms with van der Waals surface area (Å²) in [6.07, 6.45) is 6.52. The monoisotopic (exact) mass is 444 g/mol. The van der Waals surface area contributed by atoms with Gasteiger partial charge in [-0.25, -0.2) is 4.79 Å². The van der Waals surface area contributed by atoms with Crippen LogP contribution in [-0.2, 0) is 19.1 Å². The Morgan fingerprint density at radius 2 is 1.83 bits per heavy atom. The van der Waals surface area contributed by atoms with E-state index in [4.69, 9.17) is 10.5 Å². The maximum absolute atomic E-state index is 12.9. The minimum atomic E-state index is -1.75. The topological polar surface area (TPSA) is 110 Å². The van der Waals surface area contributed by atoms with Crippen molar-refractivity contribution in [2.24, 2.45) is 11.7 Å². The normalized spacial score (nSPS) is 21.5. The lowest BCUT2D eigenvalue weighted by atomic mass is 9.86. The molecule has 3 atom stereocenters. The smallest absolute Gasteiger partial charge is 0.332 e. The number of carboxylic acid groups (broad SMARTS) is 1. The van der Waals surface area contributed by atoms with Crippen LogP contribution in [0.25, 0.3) is 0 Å². The number of ether oxygens (including phenoxy) is 1. The number of carboxylic acids is 1. The second-order valence-electron chi connectivity index (χ2n) is 8.64. The Bertz CT molecular complexity index is 570. The molecule has 0 aromatic rings. The van der Waals surface area contributed by atoms with Crippen molar-refractivity contribution in [3.63, 3.8) is 0 Å². The molecule has 0 aromatic carbocycles. The van der Waals surface area contributed by atoms with E-state index in [1.54, 1.807) is 16.7 Å². The van der Waals surface area contributed by atoms with Crippen molar-refractivity contribution in [3.8, 4) is 0 Å². The van der Waals surface area contributed by atoms with E-state index in [0.717, 1.165) is 18.6 Å². The molecule has 0 aromatic heterocycles. The van der Waals surface area contributed by atoms with E-state index in [9.17, 15) is 19.5 Å². The Labute approximate surface area is 185 Å². The minimum Gasteiger partial charge on any atom is -0.480 e. The van der Waals surface area contributed by atoms with Gasteiger partial charge in [0.05, 0.1) is 12.6 Å². The molecule has 1 heterocycles. The molecule has 1 aliphatic rings. The van der Waals surface area contributed by atoms with E-state index in [-0.39, 0.29) is 18.9 Å². The number of hydrogen-bond acceptors (Lipinski definition) is 7. The van der Waals surface area contributed by atoms with Gasteiger partial charge in [0.2, 0.25) is 0 Å². The SMILES string of the molecule is CCCCCCCSC[C@@H](C(=O)OCC(C)C)N1CCCC1(C(=O)O)C(=O)C(C)N. The minimum absolute atomic E-state index is 0.165. The Morgan fingerprint density at radius 3 is 2.40 bits per heavy atom. The van der Waals surface area contributed by atoms with Crippen LogP contribution in [0.4, 0.5) is 0 Å². The fourth-order valence-corrected chi connectivity index (χ4v) is 4.99. The number of hydrogen-bond donors (Lipinski definition) is 2. The summed E-state index contributed by atoms with van der Waals surface area (Å²) < 4.78 is 5.47. The number of unbranched alkanes of at least 4 members (excludes halogenated alkanes) is 4. The Morgan fingerprint density at radius 1 is 1.17 bits per heavy atom. The molecule has 2 unspecified atom stereocenters. The predicted octanol–water partition coefficient (Wildman–Crippen LogP) is 3.09. The van der Waals surface area contributed by atoms with Crippen LogP contribution in [0.2, 0.25) is 0 Å². The third kappa shape index (κ3) is 7.24. The van der Waals surface area contributed by atoms with E-state index in [1.807, 2.05) is 13.8 Å². The largest absolute Gasteiger partial charge is 0.480 e. The van der Waals surface area contributed by atoms with Crippen LogP contribution in [0.15, 0.2) is 0 Å². The first-order valence-corrected chi connectivity index (χ1v) is 12.4. The Balaban J connectivity index is 2.96. The number of carbonyl (C=O) groups excluding carboxylic acids is 2. The summed E-state index contributed by atoms with van der Waals surface area (Å²) in [5.74, 6) is -0.743. The highest BCUT2D eigenvalue weighted by molar-refractivity contribution is 7.99. The second kappa shape index (κ2) is 13.3. The maximum atomic E-state index is 12.9. The molecule has 0 amide bonds. The summed E-state index contributed by atoms with van der Waals surface area (Å²) in [6, 6.07) is -1.69. The van der Waals surface area contributed by atoms with Crippen LogP contribution in [0.3, 0.4) is 0 Å². The molecule has 1 fully saturated rings. The zero-order valence-corrected chi connectivity index (χ0v) is 19.8. The molecule has 8 heteroatoms. The van der Waals surface area contributed by atoms with Crippen molar-refractivity contribution in [2.75, 3.05) is 24.7 Å². The summed E-state index contributed by atoms with van der Waals surface area (Å²) in [4.78, 5) is 39.6. The molecule has 174 valence electrons. The van der Waals surface area contributed by atoms with Gasteiger partial charge in [-0.05, 0) is 37.9 Å². The number of thioether (sulfide) groups is 1. The quantitative estimate of drug-likeness (QED) is 0.225. The summed E-state index contributed by atoms with van der Waals surface area (Å²) in [5.41, 5.74) is 4.04. The molecule has 3 N–H and O–H groups in total. The molecule has 1 aliphatic heterocycles. The number of esters is 1. The number of carbonyl (C=O) groups is 3. The van der Waals surface area contributed by atoms with Gasteiger partial charge in [-0.2, -0.15) is 11.8 Å². The predicted molar refractivity (Wildman–Crippen MR) is 121 cm³/mol. The number of ketones is 1. The van der Waals surface area contributed by atoms with Gasteiger partial charge in [-0.1, -0.05) is 46.5 Å². The summed E-state index contributed by atoms with van der Waals surface area (Å²) in [7, 11) is 0. The number of likely N-dealkylation sites (tertiary alicyclic amines) is 1. The molecule has 0 radical (unpaired) electrons. The molecule has 1 saturated heterocycles. The number of Topliss-reactive ketones (excluding diaryl/α,β-unsaturated/α-hetero) is 1. The van der Waals surface area contributed by atoms with E-state index in [1.165, 1.54) is 26.2 Å². The van der Waals surface area contributed by atoms with Crippen molar-refractivity contribution < 1.29 is 24.2 Å². The molecular formula is C22H40N2O5S. The van der Waals surface area contributed by atoms with Crippen LogP contribution in [0.1, 0.15) is 72.6 Å². The molecule has 7 nitrogen and oxygen atoms in total. The standard InChI is InChI=1S/C22H40N2O5S/c1-5-6-7-8-9-13-30-15-18(20(26)29-14-16(2)3)24-12-10-11-22(24,21(27)28)19(25)17(4)23/h16-18H,5-15,23H2,1-4H3,(H,27,28)/t17?,18-,22?/m0/s1. The Hall–Kier alpha value is -1.12. The zero-order chi connectivity index (χ0) is 22.7. The number of nitrogens with zero attached hydrogens (tertiary/aromatic N) is 1. The van der Waals surface area contributed by atoms with E-state index in [2.05, 4.69) is 6.92 Å². The summed E-state index contributed by atoms with van der Waals surface area (Å²) in [6.45, 7) is 8.21. The molecule has 0 saturated carbocycles. The third-order valence-corrected chi connectivity index (χ3v) is 6.61. The third-order valence-electron chi connectivity index (χ3n) is 5.48. The zero-order valence-electron chi connectivity index (χ0n) is 19.0. The molecular weight excluding hydrogens is 404 g/mol. The van der Waals surface area contributed by atoms with Crippen LogP contribution in [0.5, 0.6) is 0 Å². The van der Waals surface area contributed by atoms with Crippen LogP contribution in [-0.4, -0.2) is 70.0 Å². The molecule has 0 bridgehead atoms. The van der Waals surface area contributed by atoms with Gasteiger partial charge in [-0.3, -0.25) is 14.5 Å². The van der Waals surface area contributed by atoms with Crippen molar-refractivity contribution in [1.29, 1.82) is 0 Å². The lowest BCUT2D eigenvalue weighted by molar-refractivity contribution is -0.163. The van der Waals surface area contributed by atoms with E-state index in [0.29, 0.717) is 18.7 Å². The highest BCUT2D eigenvalue weighted by Crippen LogP contribution is 2.35. The van der Waals surface area contributed by atoms with Crippen molar-refractivity contribution in [3.05, 3.63) is 0 Å². The van der Waals surface area contributed by atoms with Gasteiger partial charge in [0.15, 0.2) is 11.3 Å². The number of aliphatic carboxylic acids is 1. The first-order valence-electron chi connectivity index (χ1n) is 11.2. The van der Waals surface area contributed by atoms with Gasteiger partial charge >= 0.3 is 11.9 Å². The fraction of sp³-hybridized carbons (Fsp3) is 0.864. The first kappa shape index (κ1) is 26.9. The second-order valence-corrected chi connectivity index (χ2v) is 9.79. The van der Waals surface area contributed by atoms with Crippen molar-refractivity contribution in [1.82, 2.24) is 4.90 Å². The average molecular weight is 445 g/mol. The van der Waals surface area contributed by atoms with E-state index >= 15 is 0 Å². The van der Waals surface area contributed by atoms with Crippen LogP contribution in [0, 0.1) is 5.92 Å². The van der Waals surface area contributed by atoms with Gasteiger partial charge in [-0.15, -0.1) is 0 Å². The molecule has 0 aliphatic carbocycles. The number of rotatable bonds is 15. The lowest BCUT2D eigenvalue weighted by Gasteiger charge is -2.38. The van der Waals surface area contributed by atoms with Crippen LogP contribution >= 0.6 is 11.8 Å². The summed E-state index contributed by atoms with van der Waals surface area (Å²) in [5, 5.41) is 10.0. The van der Waals surface area contributed by atoms with Gasteiger partial charge < -0.3 is 15.6 Å². The fourth-order valence-electron chi connectivity index (χ4n) is 3.87. The first-order chi connectivity index (χ1) is 14.2. The van der Waals surface area contributed by atoms with Gasteiger partial charge in [0.1, 0.15) is 6.04 Å². The van der Waals surface area contributed by atoms with E-state index < -0.39 is 35.3 Å². The molecule has 30 heavy (non-hydrogen) atoms. The highest BCUT2D eigenvalue weighted by atomic mass is 32.2. The highest BCUT2D eigenvalue weighted by Gasteiger charge is 2.57. The lowest BCUT2D eigenvalue weighted by Crippen LogP contribution is -2.65. The molecule has 1 rings (SSSR count). The molecule has 0 spiro atoms. The number of nitrogens with two attached hydrogens (primary N) is 1. The average Bonchev–Trinajstić information content (AvgIpc) is 3.13. The van der Waals surface area contributed by atoms with Crippen molar-refractivity contribution in [2.45, 2.75) is 90.3 Å². The van der Waals surface area contributed by atoms with Gasteiger partial charge in [0, 0.05) is 12.3 Å². The van der Waals surface area contributed by atoms with Crippen LogP contribution < -0.4 is 5.73 Å². The Kier molecular flexibility index (Phi) is 12.0. The van der Waals surface area contributed by atoms with Crippen molar-refractivity contribution >= 4 is 29.5 Å². The summed E-state index contributed by atoms with van der Waals surface area (Å²) >= 11 is 1.62. The maximum Gasteiger partial charge on any atom is 0.332 e. The van der Waals surface area contributed by atoms with Gasteiger partial charge in [0.25, 0.3) is 0 Å².